The zero-order valence-corrected chi connectivity index (χ0v) is 21.8. The molecule has 0 aliphatic heterocycles. The molecule has 12 N–H and O–H groups in total. The Morgan fingerprint density at radius 1 is 0.889 bits per heavy atom. The van der Waals surface area contributed by atoms with E-state index >= 15 is 0 Å². The van der Waals surface area contributed by atoms with Crippen molar-refractivity contribution >= 4 is 47.3 Å². The number of carboxylic acids is 1. The molecule has 36 heavy (non-hydrogen) atoms. The third kappa shape index (κ3) is 13.7. The molecule has 0 aromatic carbocycles. The molecule has 14 nitrogen and oxygen atoms in total. The van der Waals surface area contributed by atoms with Gasteiger partial charge in [-0.15, -0.1) is 0 Å². The lowest BCUT2D eigenvalue weighted by molar-refractivity contribution is -0.143. The number of aliphatic carboxylic acids is 1. The van der Waals surface area contributed by atoms with Gasteiger partial charge in [0.15, 0.2) is 5.96 Å². The van der Waals surface area contributed by atoms with Gasteiger partial charge in [-0.05, 0) is 43.6 Å². The zero-order chi connectivity index (χ0) is 27.8. The van der Waals surface area contributed by atoms with Gasteiger partial charge in [0, 0.05) is 13.0 Å². The van der Waals surface area contributed by atoms with Crippen molar-refractivity contribution in [3.63, 3.8) is 0 Å². The first-order chi connectivity index (χ1) is 16.8. The maximum Gasteiger partial charge on any atom is 0.326 e. The minimum Gasteiger partial charge on any atom is -0.480 e. The van der Waals surface area contributed by atoms with Gasteiger partial charge in [0.05, 0.1) is 6.04 Å². The zero-order valence-electron chi connectivity index (χ0n) is 21.0. The van der Waals surface area contributed by atoms with Gasteiger partial charge in [-0.2, -0.15) is 11.8 Å². The van der Waals surface area contributed by atoms with Gasteiger partial charge in [0.2, 0.25) is 23.6 Å². The Morgan fingerprint density at radius 3 is 1.94 bits per heavy atom. The Kier molecular flexibility index (Phi) is 15.9. The number of rotatable bonds is 18. The molecule has 4 amide bonds. The van der Waals surface area contributed by atoms with E-state index in [0.29, 0.717) is 12.2 Å². The Labute approximate surface area is 215 Å². The lowest BCUT2D eigenvalue weighted by Crippen LogP contribution is -2.57. The molecule has 4 atom stereocenters. The number of carbonyl (C=O) groups excluding carboxylic acids is 4. The summed E-state index contributed by atoms with van der Waals surface area (Å²) in [5.41, 5.74) is 21.7. The molecule has 0 aromatic heterocycles. The second-order valence-corrected chi connectivity index (χ2v) is 9.52. The summed E-state index contributed by atoms with van der Waals surface area (Å²) >= 11 is 1.51. The molecule has 0 bridgehead atoms. The Hall–Kier alpha value is -3.07. The molecule has 0 aliphatic rings. The van der Waals surface area contributed by atoms with Crippen LogP contribution in [0.5, 0.6) is 0 Å². The predicted molar refractivity (Wildman–Crippen MR) is 138 cm³/mol. The quantitative estimate of drug-likeness (QED) is 0.0526. The molecule has 0 aliphatic carbocycles. The minimum absolute atomic E-state index is 0.0719. The van der Waals surface area contributed by atoms with E-state index in [1.54, 1.807) is 13.8 Å². The Morgan fingerprint density at radius 2 is 1.44 bits per heavy atom. The van der Waals surface area contributed by atoms with Crippen molar-refractivity contribution < 1.29 is 29.1 Å². The first-order valence-corrected chi connectivity index (χ1v) is 12.9. The standard InChI is InChI=1S/C21H40N8O6S/c1-11(2)16(20(34)35)29-19(33)13(5-4-9-26-21(24)25)28-18(32)14(6-7-15(23)30)27-17(31)12(22)8-10-36-3/h11-14,16H,4-10,22H2,1-3H3,(H2,23,30)(H,27,31)(H,28,32)(H,29,33)(H,34,35)(H4,24,25,26). The summed E-state index contributed by atoms with van der Waals surface area (Å²) in [6.45, 7) is 3.42. The third-order valence-electron chi connectivity index (χ3n) is 5.09. The third-order valence-corrected chi connectivity index (χ3v) is 5.73. The van der Waals surface area contributed by atoms with Crippen LogP contribution in [0.1, 0.15) is 46.0 Å². The number of thioether (sulfide) groups is 1. The number of amides is 4. The minimum atomic E-state index is -1.23. The highest BCUT2D eigenvalue weighted by Gasteiger charge is 2.31. The van der Waals surface area contributed by atoms with Crippen molar-refractivity contribution in [1.82, 2.24) is 16.0 Å². The highest BCUT2D eigenvalue weighted by molar-refractivity contribution is 7.98. The number of aliphatic imine (C=N–C) groups is 1. The largest absolute Gasteiger partial charge is 0.480 e. The lowest BCUT2D eigenvalue weighted by atomic mass is 10.0. The second-order valence-electron chi connectivity index (χ2n) is 8.53. The summed E-state index contributed by atoms with van der Waals surface area (Å²) in [6, 6.07) is -4.42. The molecule has 206 valence electrons. The molecule has 0 saturated heterocycles. The summed E-state index contributed by atoms with van der Waals surface area (Å²) in [7, 11) is 0. The number of guanidine groups is 1. The molecule has 0 spiro atoms. The van der Waals surface area contributed by atoms with Crippen LogP contribution in [-0.2, 0) is 24.0 Å². The Bertz CT molecular complexity index is 790. The number of primary amides is 1. The van der Waals surface area contributed by atoms with Crippen LogP contribution < -0.4 is 38.9 Å². The molecular formula is C21H40N8O6S. The lowest BCUT2D eigenvalue weighted by Gasteiger charge is -2.26. The summed E-state index contributed by atoms with van der Waals surface area (Å²) in [5, 5.41) is 16.9. The second kappa shape index (κ2) is 17.4. The van der Waals surface area contributed by atoms with E-state index < -0.39 is 59.7 Å². The summed E-state index contributed by atoms with van der Waals surface area (Å²) < 4.78 is 0. The van der Waals surface area contributed by atoms with Crippen LogP contribution in [0.2, 0.25) is 0 Å². The molecule has 0 radical (unpaired) electrons. The summed E-state index contributed by atoms with van der Waals surface area (Å²) in [5.74, 6) is -3.91. The Balaban J connectivity index is 5.64. The number of nitrogens with one attached hydrogen (secondary N) is 3. The van der Waals surface area contributed by atoms with Gasteiger partial charge in [0.1, 0.15) is 18.1 Å². The van der Waals surface area contributed by atoms with Gasteiger partial charge in [-0.25, -0.2) is 4.79 Å². The molecule has 15 heteroatoms. The van der Waals surface area contributed by atoms with Gasteiger partial charge >= 0.3 is 5.97 Å². The van der Waals surface area contributed by atoms with Crippen LogP contribution in [0.25, 0.3) is 0 Å². The fourth-order valence-corrected chi connectivity index (χ4v) is 3.51. The van der Waals surface area contributed by atoms with Crippen LogP contribution in [0.15, 0.2) is 4.99 Å². The van der Waals surface area contributed by atoms with Crippen molar-refractivity contribution in [3.8, 4) is 0 Å². The summed E-state index contributed by atoms with van der Waals surface area (Å²) in [4.78, 5) is 65.1. The number of hydrogen-bond donors (Lipinski definition) is 8. The van der Waals surface area contributed by atoms with Crippen LogP contribution in [-0.4, -0.2) is 83.4 Å². The average Bonchev–Trinajstić information content (AvgIpc) is 2.79. The molecule has 0 aromatic rings. The first-order valence-electron chi connectivity index (χ1n) is 11.5. The van der Waals surface area contributed by atoms with Crippen molar-refractivity contribution in [2.24, 2.45) is 33.8 Å². The van der Waals surface area contributed by atoms with E-state index in [4.69, 9.17) is 22.9 Å². The van der Waals surface area contributed by atoms with Crippen LogP contribution in [0, 0.1) is 5.92 Å². The fraction of sp³-hybridized carbons (Fsp3) is 0.714. The summed E-state index contributed by atoms with van der Waals surface area (Å²) in [6.07, 6.45) is 2.28. The highest BCUT2D eigenvalue weighted by atomic mass is 32.2. The predicted octanol–water partition coefficient (Wildman–Crippen LogP) is -2.42. The monoisotopic (exact) mass is 532 g/mol. The van der Waals surface area contributed by atoms with E-state index in [1.165, 1.54) is 11.8 Å². The van der Waals surface area contributed by atoms with E-state index in [-0.39, 0.29) is 38.2 Å². The molecular weight excluding hydrogens is 492 g/mol. The van der Waals surface area contributed by atoms with E-state index in [2.05, 4.69) is 20.9 Å². The number of carbonyl (C=O) groups is 5. The van der Waals surface area contributed by atoms with Crippen LogP contribution >= 0.6 is 11.8 Å². The van der Waals surface area contributed by atoms with Crippen molar-refractivity contribution in [2.75, 3.05) is 18.6 Å². The number of hydrogen-bond acceptors (Lipinski definition) is 8. The number of nitrogens with two attached hydrogens (primary N) is 4. The smallest absolute Gasteiger partial charge is 0.326 e. The maximum absolute atomic E-state index is 13.1. The van der Waals surface area contributed by atoms with Gasteiger partial charge < -0.3 is 44.0 Å². The molecule has 0 rings (SSSR count). The van der Waals surface area contributed by atoms with Gasteiger partial charge in [0.25, 0.3) is 0 Å². The van der Waals surface area contributed by atoms with E-state index in [1.807, 2.05) is 6.26 Å². The highest BCUT2D eigenvalue weighted by Crippen LogP contribution is 2.07. The molecule has 4 unspecified atom stereocenters. The van der Waals surface area contributed by atoms with Gasteiger partial charge in [-0.3, -0.25) is 24.2 Å². The normalized spacial score (nSPS) is 14.1. The van der Waals surface area contributed by atoms with Gasteiger partial charge in [-0.1, -0.05) is 13.8 Å². The van der Waals surface area contributed by atoms with E-state index in [0.717, 1.165) is 0 Å². The SMILES string of the molecule is CSCCC(N)C(=O)NC(CCC(N)=O)C(=O)NC(CCCN=C(N)N)C(=O)NC(C(=O)O)C(C)C. The fourth-order valence-electron chi connectivity index (χ4n) is 3.02. The average molecular weight is 533 g/mol. The maximum atomic E-state index is 13.1. The van der Waals surface area contributed by atoms with Crippen LogP contribution in [0.4, 0.5) is 0 Å². The van der Waals surface area contributed by atoms with Crippen LogP contribution in [0.3, 0.4) is 0 Å². The van der Waals surface area contributed by atoms with Crippen molar-refractivity contribution in [2.45, 2.75) is 70.1 Å². The first kappa shape index (κ1) is 32.9. The molecule has 0 fully saturated rings. The molecule has 0 saturated carbocycles. The topological polar surface area (TPSA) is 258 Å². The van der Waals surface area contributed by atoms with Crippen molar-refractivity contribution in [3.05, 3.63) is 0 Å². The van der Waals surface area contributed by atoms with Crippen molar-refractivity contribution in [1.29, 1.82) is 0 Å². The number of carboxylic acid groups (broad SMARTS) is 1. The van der Waals surface area contributed by atoms with E-state index in [9.17, 15) is 29.1 Å². The molecule has 0 heterocycles. The number of nitrogens with zero attached hydrogens (tertiary/aromatic N) is 1.